The van der Waals surface area contributed by atoms with E-state index in [9.17, 15) is 0 Å². The highest BCUT2D eigenvalue weighted by molar-refractivity contribution is 5.72. The predicted molar refractivity (Wildman–Crippen MR) is 200 cm³/mol. The number of hydrogen-bond donors (Lipinski definition) is 0. The van der Waals surface area contributed by atoms with E-state index >= 15 is 0 Å². The van der Waals surface area contributed by atoms with Crippen LogP contribution in [-0.2, 0) is 5.41 Å². The fraction of sp³-hybridized carbons (Fsp3) is 0.182. The summed E-state index contributed by atoms with van der Waals surface area (Å²) in [5, 5.41) is 0. The summed E-state index contributed by atoms with van der Waals surface area (Å²) >= 11 is 0. The van der Waals surface area contributed by atoms with Crippen molar-refractivity contribution in [2.24, 2.45) is 0 Å². The van der Waals surface area contributed by atoms with Gasteiger partial charge in [-0.05, 0) is 105 Å². The normalized spacial score (nSPS) is 15.2. The molecule has 0 saturated heterocycles. The highest BCUT2D eigenvalue weighted by atomic mass is 15.2. The highest BCUT2D eigenvalue weighted by Gasteiger charge is 2.36. The zero-order chi connectivity index (χ0) is 32.2. The standard InChI is InChI=1S/C44H46N2/c1-5-9-21-38(8-4)45(40-22-13-10-14-23-40)42-30-26-36(27-31-42)44(34-17-12-18-35-44)37-28-32-43(33-29-37)46(39(19-6-2)20-7-3)41-24-15-11-16-25-41/h5-11,13-16,19-33H,1-2,12,17-18,34-35H2,3-4H3/b20-7-,21-9-,38-8+,39-19+. The van der Waals surface area contributed by atoms with E-state index in [1.54, 1.807) is 0 Å². The third kappa shape index (κ3) is 7.08. The van der Waals surface area contributed by atoms with Gasteiger partial charge in [-0.3, -0.25) is 0 Å². The summed E-state index contributed by atoms with van der Waals surface area (Å²) in [6.45, 7) is 12.0. The molecule has 5 rings (SSSR count). The molecule has 1 saturated carbocycles. The maximum atomic E-state index is 3.98. The zero-order valence-electron chi connectivity index (χ0n) is 27.4. The van der Waals surface area contributed by atoms with Crippen LogP contribution >= 0.6 is 0 Å². The molecular formula is C44H46N2. The van der Waals surface area contributed by atoms with Crippen LogP contribution in [0.3, 0.4) is 0 Å². The number of benzene rings is 4. The Kier molecular flexibility index (Phi) is 11.1. The van der Waals surface area contributed by atoms with Gasteiger partial charge in [0.25, 0.3) is 0 Å². The summed E-state index contributed by atoms with van der Waals surface area (Å²) in [7, 11) is 0. The van der Waals surface area contributed by atoms with Crippen molar-refractivity contribution >= 4 is 22.7 Å². The lowest BCUT2D eigenvalue weighted by molar-refractivity contribution is 0.346. The van der Waals surface area contributed by atoms with Gasteiger partial charge in [0.2, 0.25) is 0 Å². The van der Waals surface area contributed by atoms with Gasteiger partial charge >= 0.3 is 0 Å². The van der Waals surface area contributed by atoms with Crippen molar-refractivity contribution in [3.8, 4) is 0 Å². The third-order valence-electron chi connectivity index (χ3n) is 8.93. The van der Waals surface area contributed by atoms with Gasteiger partial charge in [-0.2, -0.15) is 0 Å². The van der Waals surface area contributed by atoms with Crippen LogP contribution in [0.5, 0.6) is 0 Å². The molecule has 0 heterocycles. The van der Waals surface area contributed by atoms with Gasteiger partial charge in [-0.25, -0.2) is 0 Å². The van der Waals surface area contributed by atoms with Gasteiger partial charge in [0.15, 0.2) is 0 Å². The molecule has 0 bridgehead atoms. The number of rotatable bonds is 12. The lowest BCUT2D eigenvalue weighted by atomic mass is 9.65. The van der Waals surface area contributed by atoms with Crippen LogP contribution in [0.1, 0.15) is 57.1 Å². The highest BCUT2D eigenvalue weighted by Crippen LogP contribution is 2.46. The third-order valence-corrected chi connectivity index (χ3v) is 8.93. The average molecular weight is 603 g/mol. The largest absolute Gasteiger partial charge is 0.311 e. The van der Waals surface area contributed by atoms with Crippen molar-refractivity contribution in [1.82, 2.24) is 0 Å². The Morgan fingerprint density at radius 3 is 1.48 bits per heavy atom. The van der Waals surface area contributed by atoms with Crippen molar-refractivity contribution in [2.75, 3.05) is 9.80 Å². The molecule has 0 N–H and O–H groups in total. The Labute approximate surface area is 276 Å². The van der Waals surface area contributed by atoms with Crippen molar-refractivity contribution < 1.29 is 0 Å². The van der Waals surface area contributed by atoms with E-state index < -0.39 is 0 Å². The monoisotopic (exact) mass is 602 g/mol. The van der Waals surface area contributed by atoms with Gasteiger partial charge in [0.05, 0.1) is 0 Å². The molecule has 0 radical (unpaired) electrons. The summed E-state index contributed by atoms with van der Waals surface area (Å²) < 4.78 is 0. The molecule has 0 aromatic heterocycles. The summed E-state index contributed by atoms with van der Waals surface area (Å²) in [6, 6.07) is 39.7. The maximum Gasteiger partial charge on any atom is 0.0461 e. The SMILES string of the molecule is C=C/C=C\C(=C/C)N(c1ccccc1)c1ccc(C2(c3ccc(N(C(/C=C\C)=C/C=C)c4ccccc4)cc3)CCCCC2)cc1. The lowest BCUT2D eigenvalue weighted by Crippen LogP contribution is -2.30. The Balaban J connectivity index is 1.54. The Morgan fingerprint density at radius 1 is 0.565 bits per heavy atom. The molecule has 2 heteroatoms. The molecule has 232 valence electrons. The van der Waals surface area contributed by atoms with Gasteiger partial charge in [-0.15, -0.1) is 0 Å². The number of anilines is 4. The fourth-order valence-corrected chi connectivity index (χ4v) is 6.77. The van der Waals surface area contributed by atoms with E-state index in [0.29, 0.717) is 0 Å². The molecule has 1 aliphatic rings. The smallest absolute Gasteiger partial charge is 0.0461 e. The molecule has 46 heavy (non-hydrogen) atoms. The summed E-state index contributed by atoms with van der Waals surface area (Å²) in [4.78, 5) is 4.61. The van der Waals surface area contributed by atoms with Crippen LogP contribution < -0.4 is 9.80 Å². The van der Waals surface area contributed by atoms with Gasteiger partial charge in [-0.1, -0.05) is 123 Å². The Bertz CT molecular complexity index is 1680. The molecule has 1 fully saturated rings. The summed E-state index contributed by atoms with van der Waals surface area (Å²) in [5.74, 6) is 0. The average Bonchev–Trinajstić information content (AvgIpc) is 3.12. The first-order valence-corrected chi connectivity index (χ1v) is 16.5. The van der Waals surface area contributed by atoms with Crippen LogP contribution in [0.15, 0.2) is 182 Å². The molecule has 2 nitrogen and oxygen atoms in total. The number of para-hydroxylation sites is 2. The van der Waals surface area contributed by atoms with Crippen molar-refractivity contribution in [3.05, 3.63) is 193 Å². The minimum Gasteiger partial charge on any atom is -0.311 e. The van der Waals surface area contributed by atoms with Crippen LogP contribution in [0, 0.1) is 0 Å². The first-order chi connectivity index (χ1) is 22.6. The number of allylic oxidation sites excluding steroid dienone is 8. The minimum absolute atomic E-state index is 0.0141. The number of nitrogens with zero attached hydrogens (tertiary/aromatic N) is 2. The van der Waals surface area contributed by atoms with E-state index in [0.717, 1.165) is 47.0 Å². The predicted octanol–water partition coefficient (Wildman–Crippen LogP) is 12.5. The second-order valence-electron chi connectivity index (χ2n) is 11.7. The van der Waals surface area contributed by atoms with E-state index in [1.165, 1.54) is 30.4 Å². The van der Waals surface area contributed by atoms with Gasteiger partial charge in [0, 0.05) is 39.6 Å². The molecule has 0 amide bonds. The minimum atomic E-state index is -0.0141. The molecule has 0 aliphatic heterocycles. The lowest BCUT2D eigenvalue weighted by Gasteiger charge is -2.39. The maximum absolute atomic E-state index is 3.98. The topological polar surface area (TPSA) is 6.48 Å². The van der Waals surface area contributed by atoms with Gasteiger partial charge in [0.1, 0.15) is 0 Å². The Hall–Kier alpha value is -5.08. The van der Waals surface area contributed by atoms with E-state index in [1.807, 2.05) is 18.2 Å². The van der Waals surface area contributed by atoms with Crippen molar-refractivity contribution in [1.29, 1.82) is 0 Å². The molecule has 1 aliphatic carbocycles. The molecule has 4 aromatic carbocycles. The quantitative estimate of drug-likeness (QED) is 0.149. The molecule has 0 spiro atoms. The first-order valence-electron chi connectivity index (χ1n) is 16.5. The van der Waals surface area contributed by atoms with Crippen LogP contribution in [0.25, 0.3) is 0 Å². The van der Waals surface area contributed by atoms with Crippen LogP contribution in [0.4, 0.5) is 22.7 Å². The van der Waals surface area contributed by atoms with E-state index in [2.05, 4.69) is 176 Å². The molecular weight excluding hydrogens is 556 g/mol. The van der Waals surface area contributed by atoms with Crippen molar-refractivity contribution in [2.45, 2.75) is 51.4 Å². The van der Waals surface area contributed by atoms with Crippen LogP contribution in [0.2, 0.25) is 0 Å². The molecule has 0 unspecified atom stereocenters. The Morgan fingerprint density at radius 2 is 1.04 bits per heavy atom. The summed E-state index contributed by atoms with van der Waals surface area (Å²) in [5.41, 5.74) is 9.47. The van der Waals surface area contributed by atoms with Crippen LogP contribution in [-0.4, -0.2) is 0 Å². The first kappa shape index (κ1) is 32.3. The molecule has 0 atom stereocenters. The number of hydrogen-bond acceptors (Lipinski definition) is 2. The molecule has 4 aromatic rings. The van der Waals surface area contributed by atoms with E-state index in [-0.39, 0.29) is 5.41 Å². The van der Waals surface area contributed by atoms with Crippen molar-refractivity contribution in [3.63, 3.8) is 0 Å². The zero-order valence-corrected chi connectivity index (χ0v) is 27.4. The van der Waals surface area contributed by atoms with E-state index in [4.69, 9.17) is 0 Å². The second kappa shape index (κ2) is 15.8. The van der Waals surface area contributed by atoms with Gasteiger partial charge < -0.3 is 9.80 Å². The second-order valence-corrected chi connectivity index (χ2v) is 11.7. The fourth-order valence-electron chi connectivity index (χ4n) is 6.77. The summed E-state index contributed by atoms with van der Waals surface area (Å²) in [6.07, 6.45) is 22.3.